The number of aryl methyl sites for hydroxylation is 2. The van der Waals surface area contributed by atoms with Crippen LogP contribution in [0.15, 0.2) is 53.9 Å². The van der Waals surface area contributed by atoms with Crippen molar-refractivity contribution in [2.75, 3.05) is 38.9 Å². The molecule has 1 N–H and O–H groups in total. The van der Waals surface area contributed by atoms with Crippen molar-refractivity contribution in [1.29, 1.82) is 0 Å². The average Bonchev–Trinajstić information content (AvgIpc) is 3.52. The van der Waals surface area contributed by atoms with Crippen LogP contribution >= 0.6 is 11.3 Å². The molecule has 3 amide bonds. The minimum atomic E-state index is -0.311. The molecule has 9 heteroatoms. The van der Waals surface area contributed by atoms with E-state index in [4.69, 9.17) is 14.2 Å². The highest BCUT2D eigenvalue weighted by molar-refractivity contribution is 7.10. The minimum Gasteiger partial charge on any atom is -0.454 e. The zero-order chi connectivity index (χ0) is 26.2. The Hall–Kier alpha value is -3.56. The van der Waals surface area contributed by atoms with Gasteiger partial charge in [0.2, 0.25) is 12.7 Å². The Bertz CT molecular complexity index is 1230. The van der Waals surface area contributed by atoms with E-state index in [9.17, 15) is 9.59 Å². The summed E-state index contributed by atoms with van der Waals surface area (Å²) in [5.41, 5.74) is 3.75. The van der Waals surface area contributed by atoms with Crippen LogP contribution in [0.1, 0.15) is 28.0 Å². The quantitative estimate of drug-likeness (QED) is 0.350. The monoisotopic (exact) mass is 523 g/mol. The maximum Gasteiger partial charge on any atom is 0.322 e. The lowest BCUT2D eigenvalue weighted by Gasteiger charge is -2.28. The van der Waals surface area contributed by atoms with Gasteiger partial charge in [-0.3, -0.25) is 4.79 Å². The maximum absolute atomic E-state index is 13.7. The van der Waals surface area contributed by atoms with Gasteiger partial charge in [0.25, 0.3) is 0 Å². The fraction of sp³-hybridized carbons (Fsp3) is 0.357. The number of nitrogens with one attached hydrogen (secondary N) is 1. The van der Waals surface area contributed by atoms with Crippen LogP contribution in [0.4, 0.5) is 10.5 Å². The summed E-state index contributed by atoms with van der Waals surface area (Å²) >= 11 is 1.62. The molecular formula is C28H33N3O5S. The van der Waals surface area contributed by atoms with Crippen molar-refractivity contribution in [2.45, 2.75) is 33.4 Å². The number of urea groups is 1. The first-order chi connectivity index (χ1) is 17.9. The van der Waals surface area contributed by atoms with Crippen molar-refractivity contribution in [3.63, 3.8) is 0 Å². The van der Waals surface area contributed by atoms with Crippen molar-refractivity contribution in [2.24, 2.45) is 0 Å². The third kappa shape index (κ3) is 7.02. The molecule has 196 valence electrons. The van der Waals surface area contributed by atoms with Gasteiger partial charge >= 0.3 is 6.03 Å². The van der Waals surface area contributed by atoms with E-state index in [1.807, 2.05) is 61.7 Å². The number of para-hydroxylation sites is 1. The molecule has 1 aliphatic rings. The first-order valence-electron chi connectivity index (χ1n) is 12.2. The van der Waals surface area contributed by atoms with Crippen LogP contribution in [0.5, 0.6) is 11.5 Å². The zero-order valence-electron chi connectivity index (χ0n) is 21.5. The Morgan fingerprint density at radius 1 is 1.00 bits per heavy atom. The molecule has 37 heavy (non-hydrogen) atoms. The number of ether oxygens (including phenoxy) is 3. The van der Waals surface area contributed by atoms with Gasteiger partial charge in [0, 0.05) is 37.4 Å². The Labute approximate surface area is 221 Å². The number of nitrogens with zero attached hydrogens (tertiary/aromatic N) is 2. The number of hydrogen-bond acceptors (Lipinski definition) is 6. The summed E-state index contributed by atoms with van der Waals surface area (Å²) in [6, 6.07) is 15.0. The number of benzene rings is 2. The van der Waals surface area contributed by atoms with E-state index >= 15 is 0 Å². The van der Waals surface area contributed by atoms with Gasteiger partial charge in [-0.2, -0.15) is 0 Å². The second-order valence-corrected chi connectivity index (χ2v) is 9.98. The van der Waals surface area contributed by atoms with Crippen LogP contribution in [0.25, 0.3) is 0 Å². The van der Waals surface area contributed by atoms with Crippen LogP contribution in [0.2, 0.25) is 0 Å². The molecule has 3 aromatic rings. The highest BCUT2D eigenvalue weighted by Gasteiger charge is 2.24. The van der Waals surface area contributed by atoms with Crippen molar-refractivity contribution >= 4 is 29.0 Å². The summed E-state index contributed by atoms with van der Waals surface area (Å²) in [5.74, 6) is 1.24. The number of methoxy groups -OCH3 is 1. The molecule has 2 heterocycles. The zero-order valence-corrected chi connectivity index (χ0v) is 22.3. The molecule has 1 aliphatic heterocycles. The van der Waals surface area contributed by atoms with Crippen molar-refractivity contribution in [1.82, 2.24) is 9.80 Å². The molecule has 0 atom stereocenters. The Kier molecular flexibility index (Phi) is 9.03. The number of thiophene rings is 1. The highest BCUT2D eigenvalue weighted by atomic mass is 32.1. The van der Waals surface area contributed by atoms with Crippen molar-refractivity contribution in [3.8, 4) is 11.5 Å². The third-order valence-corrected chi connectivity index (χ3v) is 7.25. The summed E-state index contributed by atoms with van der Waals surface area (Å²) in [7, 11) is 1.62. The number of carbonyl (C=O) groups is 2. The molecule has 0 saturated heterocycles. The number of fused-ring (bicyclic) bond motifs is 1. The van der Waals surface area contributed by atoms with E-state index < -0.39 is 0 Å². The predicted molar refractivity (Wildman–Crippen MR) is 144 cm³/mol. The second-order valence-electron chi connectivity index (χ2n) is 8.98. The first kappa shape index (κ1) is 26.5. The lowest BCUT2D eigenvalue weighted by atomic mass is 10.1. The van der Waals surface area contributed by atoms with Gasteiger partial charge in [0.15, 0.2) is 11.5 Å². The lowest BCUT2D eigenvalue weighted by Crippen LogP contribution is -2.44. The molecule has 8 nitrogen and oxygen atoms in total. The second kappa shape index (κ2) is 12.6. The molecule has 0 spiro atoms. The number of carbonyl (C=O) groups excluding carboxylic acids is 2. The van der Waals surface area contributed by atoms with Crippen LogP contribution in [0.3, 0.4) is 0 Å². The average molecular weight is 524 g/mol. The van der Waals surface area contributed by atoms with Crippen molar-refractivity contribution in [3.05, 3.63) is 75.5 Å². The van der Waals surface area contributed by atoms with Gasteiger partial charge in [-0.05, 0) is 66.6 Å². The van der Waals surface area contributed by atoms with Gasteiger partial charge in [0.1, 0.15) is 6.54 Å². The van der Waals surface area contributed by atoms with Gasteiger partial charge < -0.3 is 29.3 Å². The summed E-state index contributed by atoms with van der Waals surface area (Å²) in [4.78, 5) is 31.4. The molecule has 0 saturated carbocycles. The van der Waals surface area contributed by atoms with E-state index in [2.05, 4.69) is 11.4 Å². The highest BCUT2D eigenvalue weighted by Crippen LogP contribution is 2.33. The number of amides is 3. The Morgan fingerprint density at radius 3 is 2.57 bits per heavy atom. The topological polar surface area (TPSA) is 80.3 Å². The summed E-state index contributed by atoms with van der Waals surface area (Å²) in [5, 5.41) is 4.99. The standard InChI is InChI=1S/C28H33N3O5S/c1-20-7-4-5-8-23(20)29-28(33)30(12-6-13-34-3)18-27(32)31(17-26-21(2)11-14-37-26)16-22-9-10-24-25(15-22)36-19-35-24/h4-5,7-11,14-15H,6,12-13,16-19H2,1-3H3,(H,29,33). The minimum absolute atomic E-state index is 0.0452. The van der Waals surface area contributed by atoms with E-state index in [1.54, 1.807) is 28.2 Å². The van der Waals surface area contributed by atoms with Crippen molar-refractivity contribution < 1.29 is 23.8 Å². The van der Waals surface area contributed by atoms with E-state index in [1.165, 1.54) is 0 Å². The molecule has 0 aliphatic carbocycles. The number of anilines is 1. The number of rotatable bonds is 11. The van der Waals surface area contributed by atoms with Gasteiger partial charge in [-0.15, -0.1) is 11.3 Å². The normalized spacial score (nSPS) is 11.9. The van der Waals surface area contributed by atoms with Gasteiger partial charge in [-0.1, -0.05) is 24.3 Å². The van der Waals surface area contributed by atoms with Gasteiger partial charge in [-0.25, -0.2) is 4.79 Å². The Balaban J connectivity index is 1.52. The molecule has 0 unspecified atom stereocenters. The largest absolute Gasteiger partial charge is 0.454 e. The first-order valence-corrected chi connectivity index (χ1v) is 13.1. The van der Waals surface area contributed by atoms with Gasteiger partial charge in [0.05, 0.1) is 6.54 Å². The van der Waals surface area contributed by atoms with Crippen LogP contribution < -0.4 is 14.8 Å². The lowest BCUT2D eigenvalue weighted by molar-refractivity contribution is -0.133. The van der Waals surface area contributed by atoms with Crippen LogP contribution in [0, 0.1) is 13.8 Å². The summed E-state index contributed by atoms with van der Waals surface area (Å²) in [6.45, 7) is 5.87. The number of hydrogen-bond donors (Lipinski definition) is 1. The molecule has 1 aromatic heterocycles. The predicted octanol–water partition coefficient (Wildman–Crippen LogP) is 5.19. The molecule has 4 rings (SSSR count). The van der Waals surface area contributed by atoms with Crippen LogP contribution in [-0.2, 0) is 22.6 Å². The smallest absolute Gasteiger partial charge is 0.322 e. The maximum atomic E-state index is 13.7. The molecule has 0 fully saturated rings. The van der Waals surface area contributed by atoms with Crippen LogP contribution in [-0.4, -0.2) is 55.3 Å². The molecule has 0 bridgehead atoms. The summed E-state index contributed by atoms with van der Waals surface area (Å²) < 4.78 is 16.1. The Morgan fingerprint density at radius 2 is 1.81 bits per heavy atom. The van der Waals surface area contributed by atoms with E-state index in [0.29, 0.717) is 44.2 Å². The molecule has 2 aromatic carbocycles. The van der Waals surface area contributed by atoms with E-state index in [-0.39, 0.29) is 25.3 Å². The fourth-order valence-corrected chi connectivity index (χ4v) is 4.97. The third-order valence-electron chi connectivity index (χ3n) is 6.24. The van der Waals surface area contributed by atoms with E-state index in [0.717, 1.165) is 27.3 Å². The fourth-order valence-electron chi connectivity index (χ4n) is 4.05. The SMILES string of the molecule is COCCCN(CC(=O)N(Cc1ccc2c(c1)OCO2)Cc1sccc1C)C(=O)Nc1ccccc1C. The molecular weight excluding hydrogens is 490 g/mol. The molecule has 0 radical (unpaired) electrons. The summed E-state index contributed by atoms with van der Waals surface area (Å²) in [6.07, 6.45) is 0.622.